The van der Waals surface area contributed by atoms with E-state index in [0.717, 1.165) is 26.4 Å². The van der Waals surface area contributed by atoms with Gasteiger partial charge in [-0.25, -0.2) is 0 Å². The molecule has 0 amide bonds. The van der Waals surface area contributed by atoms with E-state index in [1.807, 2.05) is 0 Å². The molecule has 2 atom stereocenters. The maximum absolute atomic E-state index is 5.23. The van der Waals surface area contributed by atoms with Gasteiger partial charge in [0.25, 0.3) is 0 Å². The van der Waals surface area contributed by atoms with Crippen molar-refractivity contribution < 1.29 is 14.2 Å². The van der Waals surface area contributed by atoms with Gasteiger partial charge < -0.3 is 14.2 Å². The van der Waals surface area contributed by atoms with Crippen molar-refractivity contribution in [2.45, 2.75) is 18.6 Å². The van der Waals surface area contributed by atoms with Gasteiger partial charge in [-0.1, -0.05) is 24.3 Å². The standard InChI is InChI=1S/C7H6.C6H10O3/c1-2-4-7-5-6(7)3-1;1(5-3-8-5)7-2-6-4-9-6/h1-4H,5H2;5-6H,1-4H2. The van der Waals surface area contributed by atoms with Crippen molar-refractivity contribution in [2.24, 2.45) is 0 Å². The van der Waals surface area contributed by atoms with E-state index in [9.17, 15) is 0 Å². The Morgan fingerprint density at radius 1 is 1.00 bits per heavy atom. The van der Waals surface area contributed by atoms with E-state index in [1.54, 1.807) is 0 Å². The average Bonchev–Trinajstić information content (AvgIpc) is 3.11. The summed E-state index contributed by atoms with van der Waals surface area (Å²) in [5, 5.41) is 0. The second kappa shape index (κ2) is 4.53. The monoisotopic (exact) mass is 220 g/mol. The highest BCUT2D eigenvalue weighted by atomic mass is 16.6. The van der Waals surface area contributed by atoms with Crippen molar-refractivity contribution in [3.63, 3.8) is 0 Å². The number of fused-ring (bicyclic) bond motifs is 1. The van der Waals surface area contributed by atoms with Crippen molar-refractivity contribution in [1.29, 1.82) is 0 Å². The Bertz CT molecular complexity index is 323. The second-order valence-corrected chi connectivity index (χ2v) is 4.39. The Balaban J connectivity index is 0.000000104. The summed E-state index contributed by atoms with van der Waals surface area (Å²) in [6, 6.07) is 8.53. The summed E-state index contributed by atoms with van der Waals surface area (Å²) >= 11 is 0. The number of rotatable bonds is 4. The van der Waals surface area contributed by atoms with E-state index in [-0.39, 0.29) is 0 Å². The van der Waals surface area contributed by atoms with Crippen LogP contribution in [0, 0.1) is 0 Å². The zero-order valence-corrected chi connectivity index (χ0v) is 9.22. The Morgan fingerprint density at radius 3 is 1.88 bits per heavy atom. The van der Waals surface area contributed by atoms with E-state index in [2.05, 4.69) is 24.3 Å². The molecule has 2 saturated heterocycles. The minimum atomic E-state index is 0.392. The molecule has 0 N–H and O–H groups in total. The summed E-state index contributed by atoms with van der Waals surface area (Å²) in [4.78, 5) is 0. The summed E-state index contributed by atoms with van der Waals surface area (Å²) in [6.45, 7) is 3.26. The lowest BCUT2D eigenvalue weighted by atomic mass is 10.4. The van der Waals surface area contributed by atoms with E-state index in [1.165, 1.54) is 17.5 Å². The fraction of sp³-hybridized carbons (Fsp3) is 0.538. The van der Waals surface area contributed by atoms with Gasteiger partial charge in [0, 0.05) is 0 Å². The predicted molar refractivity (Wildman–Crippen MR) is 59.5 cm³/mol. The largest absolute Gasteiger partial charge is 0.376 e. The van der Waals surface area contributed by atoms with Gasteiger partial charge in [-0.2, -0.15) is 0 Å². The first-order chi connectivity index (χ1) is 7.92. The minimum absolute atomic E-state index is 0.392. The van der Waals surface area contributed by atoms with Crippen LogP contribution < -0.4 is 0 Å². The molecule has 2 unspecified atom stereocenters. The van der Waals surface area contributed by atoms with Gasteiger partial charge in [-0.05, 0) is 17.5 Å². The lowest BCUT2D eigenvalue weighted by molar-refractivity contribution is 0.102. The number of epoxide rings is 2. The summed E-state index contributed by atoms with van der Waals surface area (Å²) in [5.41, 5.74) is 3.06. The van der Waals surface area contributed by atoms with Crippen LogP contribution >= 0.6 is 0 Å². The molecule has 1 aromatic rings. The first kappa shape index (κ1) is 10.3. The molecule has 0 bridgehead atoms. The predicted octanol–water partition coefficient (Wildman–Crippen LogP) is 1.39. The van der Waals surface area contributed by atoms with Gasteiger partial charge in [-0.15, -0.1) is 0 Å². The first-order valence-corrected chi connectivity index (χ1v) is 5.79. The molecule has 3 aliphatic rings. The van der Waals surface area contributed by atoms with Crippen molar-refractivity contribution >= 4 is 0 Å². The molecule has 3 heteroatoms. The number of hydrogen-bond donors (Lipinski definition) is 0. The lowest BCUT2D eigenvalue weighted by Crippen LogP contribution is -2.06. The summed E-state index contributed by atoms with van der Waals surface area (Å²) in [5.74, 6) is 0. The van der Waals surface area contributed by atoms with Crippen molar-refractivity contribution in [1.82, 2.24) is 0 Å². The van der Waals surface area contributed by atoms with Crippen LogP contribution in [0.2, 0.25) is 0 Å². The lowest BCUT2D eigenvalue weighted by Gasteiger charge is -1.95. The van der Waals surface area contributed by atoms with E-state index >= 15 is 0 Å². The molecule has 0 radical (unpaired) electrons. The topological polar surface area (TPSA) is 34.3 Å². The molecular formula is C13H16O3. The normalized spacial score (nSPS) is 27.5. The number of benzene rings is 1. The summed E-state index contributed by atoms with van der Waals surface area (Å²) < 4.78 is 15.1. The van der Waals surface area contributed by atoms with Gasteiger partial charge in [0.2, 0.25) is 0 Å². The van der Waals surface area contributed by atoms with Crippen LogP contribution in [-0.4, -0.2) is 38.6 Å². The average molecular weight is 220 g/mol. The fourth-order valence-electron chi connectivity index (χ4n) is 1.50. The molecule has 1 aliphatic carbocycles. The Hall–Kier alpha value is -0.900. The molecule has 0 spiro atoms. The maximum Gasteiger partial charge on any atom is 0.104 e. The third kappa shape index (κ3) is 3.30. The van der Waals surface area contributed by atoms with Crippen molar-refractivity contribution in [3.8, 4) is 0 Å². The van der Waals surface area contributed by atoms with Crippen LogP contribution in [0.1, 0.15) is 11.1 Å². The molecule has 0 aromatic heterocycles. The van der Waals surface area contributed by atoms with Crippen molar-refractivity contribution in [2.75, 3.05) is 26.4 Å². The highest BCUT2D eigenvalue weighted by Crippen LogP contribution is 2.25. The third-order valence-electron chi connectivity index (χ3n) is 2.79. The van der Waals surface area contributed by atoms with Gasteiger partial charge in [0.05, 0.1) is 26.4 Å². The molecule has 0 saturated carbocycles. The van der Waals surface area contributed by atoms with Crippen LogP contribution in [0.25, 0.3) is 0 Å². The quantitative estimate of drug-likeness (QED) is 0.730. The molecule has 2 aliphatic heterocycles. The number of hydrogen-bond acceptors (Lipinski definition) is 3. The molecule has 16 heavy (non-hydrogen) atoms. The van der Waals surface area contributed by atoms with Crippen LogP contribution in [0.4, 0.5) is 0 Å². The smallest absolute Gasteiger partial charge is 0.104 e. The molecule has 86 valence electrons. The maximum atomic E-state index is 5.23. The summed E-state index contributed by atoms with van der Waals surface area (Å²) in [7, 11) is 0. The zero-order valence-electron chi connectivity index (χ0n) is 9.22. The fourth-order valence-corrected chi connectivity index (χ4v) is 1.50. The van der Waals surface area contributed by atoms with E-state index in [4.69, 9.17) is 14.2 Å². The van der Waals surface area contributed by atoms with Crippen LogP contribution in [-0.2, 0) is 20.6 Å². The van der Waals surface area contributed by atoms with Gasteiger partial charge in [0.1, 0.15) is 12.2 Å². The first-order valence-electron chi connectivity index (χ1n) is 5.79. The van der Waals surface area contributed by atoms with Gasteiger partial charge >= 0.3 is 0 Å². The van der Waals surface area contributed by atoms with Gasteiger partial charge in [0.15, 0.2) is 0 Å². The third-order valence-corrected chi connectivity index (χ3v) is 2.79. The Kier molecular flexibility index (Phi) is 2.91. The zero-order chi connectivity index (χ0) is 10.8. The van der Waals surface area contributed by atoms with Crippen molar-refractivity contribution in [3.05, 3.63) is 35.4 Å². The minimum Gasteiger partial charge on any atom is -0.376 e. The van der Waals surface area contributed by atoms with E-state index in [0.29, 0.717) is 12.2 Å². The van der Waals surface area contributed by atoms with Crippen LogP contribution in [0.3, 0.4) is 0 Å². The van der Waals surface area contributed by atoms with Crippen LogP contribution in [0.15, 0.2) is 24.3 Å². The molecule has 4 rings (SSSR count). The molecule has 2 fully saturated rings. The highest BCUT2D eigenvalue weighted by Gasteiger charge is 2.26. The second-order valence-electron chi connectivity index (χ2n) is 4.39. The SMILES string of the molecule is C(OCC1CO1)C1CO1.c1ccc2c(c1)C2. The molecule has 1 aromatic carbocycles. The summed E-state index contributed by atoms with van der Waals surface area (Å²) in [6.07, 6.45) is 2.03. The Morgan fingerprint density at radius 2 is 1.50 bits per heavy atom. The van der Waals surface area contributed by atoms with Gasteiger partial charge in [-0.3, -0.25) is 0 Å². The highest BCUT2D eigenvalue weighted by molar-refractivity contribution is 5.44. The molecular weight excluding hydrogens is 204 g/mol. The Labute approximate surface area is 95.3 Å². The molecule has 3 nitrogen and oxygen atoms in total. The van der Waals surface area contributed by atoms with E-state index < -0.39 is 0 Å². The van der Waals surface area contributed by atoms with Crippen LogP contribution in [0.5, 0.6) is 0 Å². The number of ether oxygens (including phenoxy) is 3. The molecule has 2 heterocycles.